The van der Waals surface area contributed by atoms with Crippen molar-refractivity contribution in [3.8, 4) is 5.88 Å². The van der Waals surface area contributed by atoms with E-state index in [1.54, 1.807) is 13.0 Å². The highest BCUT2D eigenvalue weighted by Gasteiger charge is 2.45. The van der Waals surface area contributed by atoms with Gasteiger partial charge in [0.2, 0.25) is 11.8 Å². The first kappa shape index (κ1) is 20.1. The highest BCUT2D eigenvalue weighted by Crippen LogP contribution is 2.48. The van der Waals surface area contributed by atoms with Crippen molar-refractivity contribution in [2.75, 3.05) is 6.61 Å². The minimum Gasteiger partial charge on any atom is -0.467 e. The number of hydrogen-bond acceptors (Lipinski definition) is 4. The third kappa shape index (κ3) is 4.52. The summed E-state index contributed by atoms with van der Waals surface area (Å²) in [6.07, 6.45) is -1.42. The van der Waals surface area contributed by atoms with E-state index in [1.165, 1.54) is 18.3 Å². The Hall–Kier alpha value is -3.17. The van der Waals surface area contributed by atoms with Crippen LogP contribution in [0.5, 0.6) is 5.88 Å². The predicted molar refractivity (Wildman–Crippen MR) is 99.2 cm³/mol. The molecule has 0 bridgehead atoms. The molecule has 158 valence electrons. The minimum atomic E-state index is -4.46. The van der Waals surface area contributed by atoms with Crippen LogP contribution in [-0.2, 0) is 4.79 Å². The normalized spacial score (nSPS) is 19.5. The van der Waals surface area contributed by atoms with Gasteiger partial charge in [0.25, 0.3) is 0 Å². The van der Waals surface area contributed by atoms with Crippen LogP contribution in [0.2, 0.25) is 0 Å². The van der Waals surface area contributed by atoms with Crippen LogP contribution in [-0.4, -0.2) is 33.6 Å². The quantitative estimate of drug-likeness (QED) is 0.588. The van der Waals surface area contributed by atoms with Crippen molar-refractivity contribution in [1.82, 2.24) is 20.3 Å². The number of carbonyl (C=O) groups is 1. The molecule has 1 amide bonds. The highest BCUT2D eigenvalue weighted by molar-refractivity contribution is 5.85. The van der Waals surface area contributed by atoms with E-state index in [0.29, 0.717) is 12.1 Å². The number of hydrogen-bond donors (Lipinski definition) is 2. The molecule has 0 aliphatic heterocycles. The fraction of sp³-hybridized carbons (Fsp3) is 0.350. The molecule has 2 aromatic heterocycles. The monoisotopic (exact) mass is 422 g/mol. The standard InChI is InChI=1S/C20H18F4N4O2/c1-10(17-7-26-18(8-25-17)30-9-20(22,23)24)27-19(29)14-6-13(14)16-5-11-4-12(21)2-3-15(11)28-16/h2-5,7-8,10,13-14,28H,6,9H2,1H3,(H,27,29)/t10-,13-,14-/m1/s1. The molecule has 3 atom stereocenters. The number of aromatic nitrogens is 3. The second kappa shape index (κ2) is 7.58. The summed E-state index contributed by atoms with van der Waals surface area (Å²) in [5, 5.41) is 3.60. The number of nitrogens with zero attached hydrogens (tertiary/aromatic N) is 2. The van der Waals surface area contributed by atoms with Crippen molar-refractivity contribution in [3.05, 3.63) is 53.9 Å². The summed E-state index contributed by atoms with van der Waals surface area (Å²) in [5.74, 6) is -0.906. The number of alkyl halides is 3. The molecular formula is C20H18F4N4O2. The highest BCUT2D eigenvalue weighted by atomic mass is 19.4. The number of rotatable bonds is 6. The number of aromatic amines is 1. The van der Waals surface area contributed by atoms with Gasteiger partial charge in [-0.3, -0.25) is 9.78 Å². The third-order valence-corrected chi connectivity index (χ3v) is 4.96. The molecule has 1 aliphatic rings. The smallest absolute Gasteiger partial charge is 0.422 e. The Morgan fingerprint density at radius 1 is 1.30 bits per heavy atom. The average Bonchev–Trinajstić information content (AvgIpc) is 3.39. The summed E-state index contributed by atoms with van der Waals surface area (Å²) < 4.78 is 54.4. The van der Waals surface area contributed by atoms with Gasteiger partial charge < -0.3 is 15.0 Å². The van der Waals surface area contributed by atoms with Gasteiger partial charge in [-0.1, -0.05) is 0 Å². The molecule has 0 unspecified atom stereocenters. The van der Waals surface area contributed by atoms with Gasteiger partial charge in [-0.25, -0.2) is 9.37 Å². The maximum absolute atomic E-state index is 13.3. The topological polar surface area (TPSA) is 79.9 Å². The summed E-state index contributed by atoms with van der Waals surface area (Å²) in [4.78, 5) is 23.6. The molecule has 0 saturated heterocycles. The van der Waals surface area contributed by atoms with Crippen LogP contribution in [0, 0.1) is 11.7 Å². The second-order valence-electron chi connectivity index (χ2n) is 7.32. The van der Waals surface area contributed by atoms with Gasteiger partial charge in [-0.05, 0) is 37.6 Å². The fourth-order valence-corrected chi connectivity index (χ4v) is 3.33. The zero-order valence-corrected chi connectivity index (χ0v) is 15.8. The third-order valence-electron chi connectivity index (χ3n) is 4.96. The number of carbonyl (C=O) groups excluding carboxylic acids is 1. The molecule has 1 fully saturated rings. The van der Waals surface area contributed by atoms with Crippen molar-refractivity contribution >= 4 is 16.8 Å². The van der Waals surface area contributed by atoms with E-state index in [2.05, 4.69) is 25.0 Å². The molecule has 2 N–H and O–H groups in total. The van der Waals surface area contributed by atoms with E-state index in [0.717, 1.165) is 22.8 Å². The van der Waals surface area contributed by atoms with Gasteiger partial charge in [-0.15, -0.1) is 0 Å². The lowest BCUT2D eigenvalue weighted by Crippen LogP contribution is -2.29. The zero-order valence-electron chi connectivity index (χ0n) is 15.8. The van der Waals surface area contributed by atoms with Crippen molar-refractivity contribution in [3.63, 3.8) is 0 Å². The molecule has 10 heteroatoms. The van der Waals surface area contributed by atoms with Crippen LogP contribution in [0.25, 0.3) is 10.9 Å². The Morgan fingerprint density at radius 2 is 2.10 bits per heavy atom. The maximum Gasteiger partial charge on any atom is 0.422 e. The molecule has 1 aliphatic carbocycles. The van der Waals surface area contributed by atoms with Crippen molar-refractivity contribution in [2.24, 2.45) is 5.92 Å². The van der Waals surface area contributed by atoms with Crippen molar-refractivity contribution in [1.29, 1.82) is 0 Å². The number of halogens is 4. The summed E-state index contributed by atoms with van der Waals surface area (Å²) in [5.41, 5.74) is 2.10. The Morgan fingerprint density at radius 3 is 2.80 bits per heavy atom. The molecule has 0 radical (unpaired) electrons. The number of fused-ring (bicyclic) bond motifs is 1. The molecule has 6 nitrogen and oxygen atoms in total. The van der Waals surface area contributed by atoms with Crippen LogP contribution in [0.4, 0.5) is 17.6 Å². The molecular weight excluding hydrogens is 404 g/mol. The first-order valence-electron chi connectivity index (χ1n) is 9.29. The SMILES string of the molecule is C[C@@H](NC(=O)[C@@H]1C[C@H]1c1cc2cc(F)ccc2[nH]1)c1cnc(OCC(F)(F)F)cn1. The molecule has 30 heavy (non-hydrogen) atoms. The van der Waals surface area contributed by atoms with Crippen molar-refractivity contribution < 1.29 is 27.1 Å². The Labute approximate surface area is 168 Å². The predicted octanol–water partition coefficient (Wildman–Crippen LogP) is 4.02. The fourth-order valence-electron chi connectivity index (χ4n) is 3.33. The molecule has 4 rings (SSSR count). The lowest BCUT2D eigenvalue weighted by atomic mass is 10.2. The van der Waals surface area contributed by atoms with Crippen LogP contribution < -0.4 is 10.1 Å². The van der Waals surface area contributed by atoms with Gasteiger partial charge in [0, 0.05) is 28.4 Å². The largest absolute Gasteiger partial charge is 0.467 e. The number of H-pyrrole nitrogens is 1. The van der Waals surface area contributed by atoms with Gasteiger partial charge in [0.05, 0.1) is 24.1 Å². The van der Waals surface area contributed by atoms with E-state index in [4.69, 9.17) is 0 Å². The number of amides is 1. The summed E-state index contributed by atoms with van der Waals surface area (Å²) in [6.45, 7) is 0.262. The van der Waals surface area contributed by atoms with E-state index < -0.39 is 18.8 Å². The van der Waals surface area contributed by atoms with Gasteiger partial charge in [0.1, 0.15) is 5.82 Å². The van der Waals surface area contributed by atoms with Gasteiger partial charge >= 0.3 is 6.18 Å². The average molecular weight is 422 g/mol. The molecule has 1 saturated carbocycles. The van der Waals surface area contributed by atoms with Crippen molar-refractivity contribution in [2.45, 2.75) is 31.5 Å². The van der Waals surface area contributed by atoms with Crippen LogP contribution in [0.1, 0.15) is 36.7 Å². The molecule has 1 aromatic carbocycles. The first-order chi connectivity index (χ1) is 14.2. The Bertz CT molecular complexity index is 1060. The zero-order chi connectivity index (χ0) is 21.5. The second-order valence-corrected chi connectivity index (χ2v) is 7.32. The molecule has 2 heterocycles. The van der Waals surface area contributed by atoms with E-state index in [9.17, 15) is 22.4 Å². The van der Waals surface area contributed by atoms with Crippen LogP contribution in [0.3, 0.4) is 0 Å². The number of ether oxygens (including phenoxy) is 1. The van der Waals surface area contributed by atoms with Crippen LogP contribution in [0.15, 0.2) is 36.7 Å². The van der Waals surface area contributed by atoms with Gasteiger partial charge in [-0.2, -0.15) is 13.2 Å². The molecule has 0 spiro atoms. The summed E-state index contributed by atoms with van der Waals surface area (Å²) in [6, 6.07) is 5.86. The number of nitrogens with one attached hydrogen (secondary N) is 2. The van der Waals surface area contributed by atoms with E-state index >= 15 is 0 Å². The van der Waals surface area contributed by atoms with Gasteiger partial charge in [0.15, 0.2) is 6.61 Å². The summed E-state index contributed by atoms with van der Waals surface area (Å²) >= 11 is 0. The van der Waals surface area contributed by atoms with Crippen LogP contribution >= 0.6 is 0 Å². The maximum atomic E-state index is 13.3. The molecule has 3 aromatic rings. The number of benzene rings is 1. The lowest BCUT2D eigenvalue weighted by molar-refractivity contribution is -0.154. The lowest BCUT2D eigenvalue weighted by Gasteiger charge is -2.14. The minimum absolute atomic E-state index is 0.0249. The Balaban J connectivity index is 1.33. The van der Waals surface area contributed by atoms with E-state index in [-0.39, 0.29) is 29.4 Å². The van der Waals surface area contributed by atoms with E-state index in [1.807, 2.05) is 6.07 Å². The summed E-state index contributed by atoms with van der Waals surface area (Å²) in [7, 11) is 0. The Kier molecular flexibility index (Phi) is 5.08. The first-order valence-corrected chi connectivity index (χ1v) is 9.29.